The fourth-order valence-corrected chi connectivity index (χ4v) is 4.41. The molecule has 0 aromatic rings. The summed E-state index contributed by atoms with van der Waals surface area (Å²) in [5.41, 5.74) is 0. The van der Waals surface area contributed by atoms with Crippen LogP contribution < -0.4 is 0 Å². The van der Waals surface area contributed by atoms with Gasteiger partial charge in [0.1, 0.15) is 52.3 Å². The van der Waals surface area contributed by atoms with E-state index < -0.39 is 70.7 Å². The molecule has 12 nitrogen and oxygen atoms in total. The second-order valence-electron chi connectivity index (χ2n) is 6.30. The molecule has 4 unspecified atom stereocenters. The summed E-state index contributed by atoms with van der Waals surface area (Å²) in [5, 5.41) is 19.8. The van der Waals surface area contributed by atoms with Gasteiger partial charge in [-0.05, 0) is 0 Å². The number of phosphoric acid groups is 1. The average Bonchev–Trinajstić information content (AvgIpc) is 2.97. The first-order valence-electron chi connectivity index (χ1n) is 7.99. The maximum absolute atomic E-state index is 12.2. The minimum atomic E-state index is -4.82. The summed E-state index contributed by atoms with van der Waals surface area (Å²) in [6.07, 6.45) is -8.06. The predicted octanol–water partition coefficient (Wildman–Crippen LogP) is -2.70. The number of phosphoric ester groups is 1. The highest BCUT2D eigenvalue weighted by atomic mass is 31.2. The van der Waals surface area contributed by atoms with Crippen molar-refractivity contribution in [2.24, 2.45) is 0 Å². The van der Waals surface area contributed by atoms with Gasteiger partial charge in [-0.2, -0.15) is 0 Å². The normalized spacial score (nSPS) is 42.9. The summed E-state index contributed by atoms with van der Waals surface area (Å²) >= 11 is 0. The average molecular weight is 438 g/mol. The third kappa shape index (κ3) is 6.37. The van der Waals surface area contributed by atoms with Crippen LogP contribution in [0.2, 0.25) is 0 Å². The fraction of sp³-hybridized carbons (Fsp3) is 1.00. The maximum Gasteiger partial charge on any atom is 0.472 e. The number of hydrogen-bond acceptors (Lipinski definition) is 10. The lowest BCUT2D eigenvalue weighted by Gasteiger charge is -2.25. The van der Waals surface area contributed by atoms with Crippen LogP contribution in [0.3, 0.4) is 0 Å². The van der Waals surface area contributed by atoms with Crippen LogP contribution in [0.4, 0.5) is 0 Å². The van der Waals surface area contributed by atoms with Crippen LogP contribution in [-0.4, -0.2) is 112 Å². The molecule has 154 valence electrons. The van der Waals surface area contributed by atoms with Crippen molar-refractivity contribution in [3.63, 3.8) is 0 Å². The summed E-state index contributed by atoms with van der Waals surface area (Å²) in [7, 11) is 7.07. The lowest BCUT2D eigenvalue weighted by molar-refractivity contribution is -0.0269. The third-order valence-electron chi connectivity index (χ3n) is 3.98. The topological polar surface area (TPSA) is 170 Å². The highest BCUT2D eigenvalue weighted by Gasteiger charge is 2.48. The molecule has 10 atom stereocenters. The Labute approximate surface area is 165 Å². The van der Waals surface area contributed by atoms with Crippen LogP contribution in [0.1, 0.15) is 0 Å². The van der Waals surface area contributed by atoms with Gasteiger partial charge in [0.15, 0.2) is 0 Å². The zero-order valence-corrected chi connectivity index (χ0v) is 16.5. The van der Waals surface area contributed by atoms with Crippen LogP contribution in [0.15, 0.2) is 0 Å². The van der Waals surface area contributed by atoms with Crippen molar-refractivity contribution in [2.45, 2.75) is 48.6 Å². The van der Waals surface area contributed by atoms with Gasteiger partial charge in [0.2, 0.25) is 0 Å². The molecule has 2 fully saturated rings. The molecule has 28 heavy (non-hydrogen) atoms. The Balaban J connectivity index is 1.99. The maximum atomic E-state index is 12.2. The molecule has 0 saturated carbocycles. The summed E-state index contributed by atoms with van der Waals surface area (Å²) < 4.78 is 52.8. The molecule has 4 N–H and O–H groups in total. The molecule has 0 aliphatic carbocycles. The molecule has 17 heteroatoms. The number of aliphatic hydroxyl groups excluding tert-OH is 2. The number of ether oxygens (including phenoxy) is 2. The van der Waals surface area contributed by atoms with E-state index in [0.29, 0.717) is 0 Å². The van der Waals surface area contributed by atoms with Gasteiger partial charge >= 0.3 is 15.4 Å². The van der Waals surface area contributed by atoms with E-state index in [1.54, 1.807) is 0 Å². The molecule has 0 spiro atoms. The molecular formula is C11H19B3O12P2. The van der Waals surface area contributed by atoms with Gasteiger partial charge in [-0.25, -0.2) is 4.57 Å². The van der Waals surface area contributed by atoms with Crippen LogP contribution >= 0.6 is 15.4 Å². The minimum absolute atomic E-state index is 0.291. The van der Waals surface area contributed by atoms with E-state index in [0.717, 1.165) is 6.66 Å². The monoisotopic (exact) mass is 438 g/mol. The molecule has 2 rings (SSSR count). The fourth-order valence-electron chi connectivity index (χ4n) is 2.73. The lowest BCUT2D eigenvalue weighted by atomic mass is 9.93. The molecule has 6 radical (unpaired) electrons. The molecule has 0 bridgehead atoms. The SMILES string of the molecule is [B]OC[C@H]1O[C@@H]([B])C(O)[C@H]1OP(=O)(O)OC[C@H]1O[C@@H]([B])C(O)[C@H]1OP(C)(=O)O. The van der Waals surface area contributed by atoms with Gasteiger partial charge in [0.25, 0.3) is 8.05 Å². The highest BCUT2D eigenvalue weighted by Crippen LogP contribution is 2.48. The van der Waals surface area contributed by atoms with Gasteiger partial charge in [-0.15, -0.1) is 0 Å². The van der Waals surface area contributed by atoms with E-state index in [1.807, 2.05) is 0 Å². The summed E-state index contributed by atoms with van der Waals surface area (Å²) in [6, 6.07) is -2.49. The Morgan fingerprint density at radius 3 is 1.86 bits per heavy atom. The Bertz CT molecular complexity index is 622. The lowest BCUT2D eigenvalue weighted by Crippen LogP contribution is -2.38. The van der Waals surface area contributed by atoms with Crippen LogP contribution in [0.5, 0.6) is 0 Å². The van der Waals surface area contributed by atoms with E-state index >= 15 is 0 Å². The van der Waals surface area contributed by atoms with Crippen LogP contribution in [-0.2, 0) is 36.8 Å². The van der Waals surface area contributed by atoms with Crippen LogP contribution in [0.25, 0.3) is 0 Å². The van der Waals surface area contributed by atoms with Crippen molar-refractivity contribution in [1.82, 2.24) is 0 Å². The largest absolute Gasteiger partial charge is 0.472 e. The van der Waals surface area contributed by atoms with Crippen molar-refractivity contribution in [3.05, 3.63) is 0 Å². The van der Waals surface area contributed by atoms with E-state index in [-0.39, 0.29) is 6.61 Å². The van der Waals surface area contributed by atoms with E-state index in [2.05, 4.69) is 4.65 Å². The zero-order valence-electron chi connectivity index (χ0n) is 14.7. The van der Waals surface area contributed by atoms with Crippen molar-refractivity contribution in [3.8, 4) is 0 Å². The first-order chi connectivity index (χ1) is 12.8. The second kappa shape index (κ2) is 9.59. The Morgan fingerprint density at radius 1 is 0.929 bits per heavy atom. The highest BCUT2D eigenvalue weighted by molar-refractivity contribution is 7.51. The molecule has 0 aromatic heterocycles. The van der Waals surface area contributed by atoms with Gasteiger partial charge in [0, 0.05) is 18.7 Å². The van der Waals surface area contributed by atoms with Gasteiger partial charge in [-0.1, -0.05) is 0 Å². The third-order valence-corrected chi connectivity index (χ3v) is 5.60. The number of aliphatic hydroxyl groups is 2. The Morgan fingerprint density at radius 2 is 1.39 bits per heavy atom. The first-order valence-corrected chi connectivity index (χ1v) is 11.5. The molecule has 0 aromatic carbocycles. The second-order valence-corrected chi connectivity index (χ2v) is 9.52. The smallest absolute Gasteiger partial charge is 0.445 e. The van der Waals surface area contributed by atoms with Crippen molar-refractivity contribution in [1.29, 1.82) is 0 Å². The molecule has 0 amide bonds. The molecule has 2 saturated heterocycles. The molecule has 2 aliphatic heterocycles. The van der Waals surface area contributed by atoms with E-state index in [1.165, 1.54) is 0 Å². The molecule has 2 heterocycles. The molecule has 2 aliphatic rings. The zero-order chi connectivity index (χ0) is 21.3. The summed E-state index contributed by atoms with van der Waals surface area (Å²) in [6.45, 7) is -0.108. The predicted molar refractivity (Wildman–Crippen MR) is 93.8 cm³/mol. The van der Waals surface area contributed by atoms with Gasteiger partial charge < -0.3 is 34.1 Å². The minimum Gasteiger partial charge on any atom is -0.445 e. The van der Waals surface area contributed by atoms with E-state index in [4.69, 9.17) is 46.8 Å². The van der Waals surface area contributed by atoms with E-state index in [9.17, 15) is 29.1 Å². The van der Waals surface area contributed by atoms with Gasteiger partial charge in [-0.3, -0.25) is 18.1 Å². The number of rotatable bonds is 9. The van der Waals surface area contributed by atoms with Crippen molar-refractivity contribution in [2.75, 3.05) is 19.9 Å². The first kappa shape index (κ1) is 24.5. The Hall–Kier alpha value is 0.255. The quantitative estimate of drug-likeness (QED) is 0.218. The van der Waals surface area contributed by atoms with Crippen LogP contribution in [0, 0.1) is 0 Å². The standard InChI is InChI=1S/C11H19B3O12P2/c1-27(17,18)25-8-5(24-10(12)6(8)15)3-22-28(19,20)26-9-4(2-21-14)23-11(13)7(9)16/h4-11,15-16H,2-3H2,1H3,(H,17,18)(H,19,20)/t4-,5-,6?,7?,8+,9+,10-,11-/m1/s1. The van der Waals surface area contributed by atoms with Gasteiger partial charge in [0.05, 0.1) is 13.2 Å². The summed E-state index contributed by atoms with van der Waals surface area (Å²) in [5.74, 6) is 0. The molecular weight excluding hydrogens is 418 g/mol. The number of hydrogen-bond donors (Lipinski definition) is 4. The van der Waals surface area contributed by atoms with Crippen molar-refractivity contribution < 1.29 is 56.8 Å². The van der Waals surface area contributed by atoms with Crippen molar-refractivity contribution >= 4 is 39.2 Å². The summed E-state index contributed by atoms with van der Waals surface area (Å²) in [4.78, 5) is 19.2. The Kier molecular flexibility index (Phi) is 8.40.